The molecule has 0 saturated heterocycles. The van der Waals surface area contributed by atoms with Gasteiger partial charge in [-0.2, -0.15) is 0 Å². The van der Waals surface area contributed by atoms with E-state index in [2.05, 4.69) is 26.0 Å². The zero-order chi connectivity index (χ0) is 36.6. The summed E-state index contributed by atoms with van der Waals surface area (Å²) in [5, 5.41) is 23.9. The number of aliphatic hydroxyl groups is 2. The van der Waals surface area contributed by atoms with Gasteiger partial charge in [0.1, 0.15) is 11.5 Å². The van der Waals surface area contributed by atoms with Gasteiger partial charge in [-0.1, -0.05) is 32.1 Å². The Morgan fingerprint density at radius 1 is 0.922 bits per heavy atom. The molecule has 8 atom stereocenters. The third-order valence-electron chi connectivity index (χ3n) is 14.0. The average molecular weight is 706 g/mol. The molecule has 6 aliphatic carbocycles. The van der Waals surface area contributed by atoms with Crippen molar-refractivity contribution in [1.82, 2.24) is 4.90 Å². The fraction of sp³-hybridized carbons (Fsp3) is 0.561. The Kier molecular flexibility index (Phi) is 8.69. The Balaban J connectivity index is 1.30. The van der Waals surface area contributed by atoms with Crippen molar-refractivity contribution in [1.29, 1.82) is 0 Å². The first-order valence-corrected chi connectivity index (χ1v) is 18.2. The van der Waals surface area contributed by atoms with Crippen molar-refractivity contribution in [3.8, 4) is 11.5 Å². The van der Waals surface area contributed by atoms with Gasteiger partial charge in [-0.25, -0.2) is 13.6 Å². The quantitative estimate of drug-likeness (QED) is 0.207. The predicted octanol–water partition coefficient (Wildman–Crippen LogP) is 7.41. The normalized spacial score (nSPS) is 36.0. The molecule has 2 bridgehead atoms. The molecule has 10 heteroatoms. The van der Waals surface area contributed by atoms with Crippen LogP contribution < -0.4 is 9.47 Å². The van der Waals surface area contributed by atoms with Crippen LogP contribution in [0, 0.1) is 45.1 Å². The van der Waals surface area contributed by atoms with E-state index in [1.54, 1.807) is 38.2 Å². The smallest absolute Gasteiger partial charge is 0.410 e. The summed E-state index contributed by atoms with van der Waals surface area (Å²) in [5.74, 6) is -1.50. The minimum absolute atomic E-state index is 0.00203. The summed E-state index contributed by atoms with van der Waals surface area (Å²) >= 11 is 0. The summed E-state index contributed by atoms with van der Waals surface area (Å²) < 4.78 is 45.2. The van der Waals surface area contributed by atoms with Gasteiger partial charge in [0.15, 0.2) is 17.4 Å². The Hall–Kier alpha value is -3.76. The molecule has 8 nitrogen and oxygen atoms in total. The van der Waals surface area contributed by atoms with Gasteiger partial charge in [0, 0.05) is 39.0 Å². The van der Waals surface area contributed by atoms with Gasteiger partial charge in [-0.3, -0.25) is 4.79 Å². The molecule has 6 aliphatic rings. The lowest BCUT2D eigenvalue weighted by Gasteiger charge is -2.71. The Morgan fingerprint density at radius 2 is 1.65 bits per heavy atom. The van der Waals surface area contributed by atoms with Gasteiger partial charge in [0.05, 0.1) is 45.6 Å². The molecule has 2 aromatic carbocycles. The fourth-order valence-electron chi connectivity index (χ4n) is 11.3. The number of Topliss-reactive ketones (excluding diaryl/α,β-unsaturated/α-hetero) is 1. The number of amides is 1. The SMILES string of the molecule is CCOC(=O)N(Cc1ccc(OC)cc1OC)C[C@]1(O)CC[C@H]2[C@]34C=C[C@@]5(C=C3C(=O)c3ccc(F)c(F)c3)CC(O)CC[C@]5(C)[C@H]4CC[C@@]21C. The van der Waals surface area contributed by atoms with E-state index in [9.17, 15) is 28.6 Å². The number of benzene rings is 2. The van der Waals surface area contributed by atoms with Crippen LogP contribution in [-0.4, -0.2) is 66.1 Å². The van der Waals surface area contributed by atoms with Crippen LogP contribution >= 0.6 is 0 Å². The number of ether oxygens (including phenoxy) is 3. The number of hydrogen-bond donors (Lipinski definition) is 2. The summed E-state index contributed by atoms with van der Waals surface area (Å²) in [6.07, 6.45) is 9.61. The largest absolute Gasteiger partial charge is 0.497 e. The molecule has 8 rings (SSSR count). The number of hydrogen-bond acceptors (Lipinski definition) is 7. The highest BCUT2D eigenvalue weighted by Crippen LogP contribution is 2.78. The van der Waals surface area contributed by atoms with Crippen LogP contribution in [0.4, 0.5) is 13.6 Å². The number of aliphatic hydroxyl groups excluding tert-OH is 1. The predicted molar refractivity (Wildman–Crippen MR) is 186 cm³/mol. The van der Waals surface area contributed by atoms with E-state index < -0.39 is 45.7 Å². The Morgan fingerprint density at radius 3 is 2.35 bits per heavy atom. The molecular weight excluding hydrogens is 656 g/mol. The lowest BCUT2D eigenvalue weighted by atomic mass is 9.32. The lowest BCUT2D eigenvalue weighted by molar-refractivity contribution is -0.175. The van der Waals surface area contributed by atoms with E-state index in [1.165, 1.54) is 6.07 Å². The highest BCUT2D eigenvalue weighted by Gasteiger charge is 2.74. The molecule has 3 saturated carbocycles. The first-order valence-electron chi connectivity index (χ1n) is 18.2. The summed E-state index contributed by atoms with van der Waals surface area (Å²) in [6, 6.07) is 8.68. The maximum absolute atomic E-state index is 14.7. The molecule has 2 N–H and O–H groups in total. The van der Waals surface area contributed by atoms with Crippen LogP contribution in [0.2, 0.25) is 0 Å². The van der Waals surface area contributed by atoms with Crippen molar-refractivity contribution >= 4 is 11.9 Å². The van der Waals surface area contributed by atoms with Gasteiger partial charge in [0.25, 0.3) is 0 Å². The Labute approximate surface area is 298 Å². The van der Waals surface area contributed by atoms with E-state index in [0.29, 0.717) is 55.6 Å². The molecule has 274 valence electrons. The molecule has 51 heavy (non-hydrogen) atoms. The van der Waals surface area contributed by atoms with Gasteiger partial charge in [0.2, 0.25) is 0 Å². The second-order valence-electron chi connectivity index (χ2n) is 16.0. The zero-order valence-electron chi connectivity index (χ0n) is 30.1. The zero-order valence-corrected chi connectivity index (χ0v) is 30.1. The molecule has 1 amide bonds. The molecule has 1 unspecified atom stereocenters. The number of fused-ring (bicyclic) bond motifs is 1. The standard InChI is InChI=1S/C41H49F2NO7/c1-6-51-36(47)44(23-26-7-9-28(49-4)20-32(26)50-5)24-40(48)16-13-34-38(40,3)15-12-33-37(2)14-11-27(45)21-39(37)17-18-41(33,34)29(22-39)35(46)25-8-10-30(42)31(43)19-25/h7-10,17-20,22,27,33-34,45,48H,6,11-16,21,23-24H2,1-5H3/t27?,33-,34-,37-,38+,39+,40-,41-/m1/s1. The van der Waals surface area contributed by atoms with E-state index in [-0.39, 0.29) is 48.3 Å². The second-order valence-corrected chi connectivity index (χ2v) is 16.0. The van der Waals surface area contributed by atoms with Crippen molar-refractivity contribution in [2.75, 3.05) is 27.4 Å². The van der Waals surface area contributed by atoms with E-state index in [0.717, 1.165) is 24.1 Å². The highest BCUT2D eigenvalue weighted by molar-refractivity contribution is 6.10. The third-order valence-corrected chi connectivity index (χ3v) is 14.0. The molecule has 0 aromatic heterocycles. The maximum atomic E-state index is 14.7. The van der Waals surface area contributed by atoms with Crippen LogP contribution in [0.1, 0.15) is 81.6 Å². The average Bonchev–Trinajstić information content (AvgIpc) is 3.38. The molecule has 2 spiro atoms. The number of rotatable bonds is 9. The van der Waals surface area contributed by atoms with Gasteiger partial charge < -0.3 is 29.3 Å². The molecular formula is C41H49F2NO7. The number of halogens is 2. The van der Waals surface area contributed by atoms with E-state index in [1.807, 2.05) is 12.1 Å². The van der Waals surface area contributed by atoms with Crippen LogP contribution in [0.25, 0.3) is 0 Å². The van der Waals surface area contributed by atoms with Crippen LogP contribution in [0.15, 0.2) is 60.2 Å². The van der Waals surface area contributed by atoms with Gasteiger partial charge in [-0.05, 0) is 99.5 Å². The van der Waals surface area contributed by atoms with E-state index in [4.69, 9.17) is 14.2 Å². The first kappa shape index (κ1) is 35.6. The van der Waals surface area contributed by atoms with Crippen LogP contribution in [-0.2, 0) is 11.3 Å². The second kappa shape index (κ2) is 12.4. The Bertz CT molecular complexity index is 1810. The van der Waals surface area contributed by atoms with Crippen LogP contribution in [0.5, 0.6) is 11.5 Å². The maximum Gasteiger partial charge on any atom is 0.410 e. The number of carbonyl (C=O) groups excluding carboxylic acids is 2. The van der Waals surface area contributed by atoms with Crippen molar-refractivity contribution < 1.29 is 42.8 Å². The monoisotopic (exact) mass is 705 g/mol. The molecule has 0 radical (unpaired) electrons. The van der Waals surface area contributed by atoms with Gasteiger partial charge >= 0.3 is 6.09 Å². The summed E-state index contributed by atoms with van der Waals surface area (Å²) in [4.78, 5) is 29.8. The minimum atomic E-state index is -1.34. The van der Waals surface area contributed by atoms with Crippen molar-refractivity contribution in [2.24, 2.45) is 33.5 Å². The lowest BCUT2D eigenvalue weighted by Crippen LogP contribution is -2.67. The van der Waals surface area contributed by atoms with Crippen LogP contribution in [0.3, 0.4) is 0 Å². The van der Waals surface area contributed by atoms with Crippen molar-refractivity contribution in [3.63, 3.8) is 0 Å². The fourth-order valence-corrected chi connectivity index (χ4v) is 11.3. The van der Waals surface area contributed by atoms with Crippen molar-refractivity contribution in [3.05, 3.63) is 83.0 Å². The summed E-state index contributed by atoms with van der Waals surface area (Å²) in [7, 11) is 3.12. The minimum Gasteiger partial charge on any atom is -0.497 e. The number of nitrogens with zero attached hydrogens (tertiary/aromatic N) is 1. The number of methoxy groups -OCH3 is 2. The van der Waals surface area contributed by atoms with Gasteiger partial charge in [-0.15, -0.1) is 0 Å². The highest BCUT2D eigenvalue weighted by atomic mass is 19.2. The first-order chi connectivity index (χ1) is 24.2. The van der Waals surface area contributed by atoms with Crippen molar-refractivity contribution in [2.45, 2.75) is 84.0 Å². The molecule has 2 aromatic rings. The number of ketones is 1. The van der Waals surface area contributed by atoms with E-state index >= 15 is 0 Å². The number of allylic oxidation sites excluding steroid dienone is 4. The molecule has 0 heterocycles. The number of carbonyl (C=O) groups is 2. The third kappa shape index (κ3) is 5.10. The topological polar surface area (TPSA) is 106 Å². The molecule has 3 fully saturated rings. The summed E-state index contributed by atoms with van der Waals surface area (Å²) in [5.41, 5.74) is -2.37. The summed E-state index contributed by atoms with van der Waals surface area (Å²) in [6.45, 7) is 6.41. The molecule has 0 aliphatic heterocycles.